The van der Waals surface area contributed by atoms with Crippen molar-refractivity contribution in [2.75, 3.05) is 7.05 Å². The average molecular weight is 231 g/mol. The molecule has 0 atom stereocenters. The van der Waals surface area contributed by atoms with Crippen LogP contribution in [0.5, 0.6) is 0 Å². The molecular weight excluding hydrogens is 214 g/mol. The number of hydrogen-bond acceptors (Lipinski definition) is 4. The van der Waals surface area contributed by atoms with Crippen LogP contribution < -0.4 is 5.32 Å². The number of nitrogens with zero attached hydrogens (tertiary/aromatic N) is 4. The van der Waals surface area contributed by atoms with E-state index in [0.717, 1.165) is 29.6 Å². The van der Waals surface area contributed by atoms with Crippen molar-refractivity contribution < 1.29 is 0 Å². The SMILES string of the molecule is CNCc1cccc(Cn2nc(C)nc2C)n1. The molecule has 5 heteroatoms. The Bertz CT molecular complexity index is 503. The Hall–Kier alpha value is -1.75. The molecular formula is C12H17N5. The van der Waals surface area contributed by atoms with Gasteiger partial charge >= 0.3 is 0 Å². The van der Waals surface area contributed by atoms with Crippen LogP contribution in [0.2, 0.25) is 0 Å². The zero-order valence-electron chi connectivity index (χ0n) is 10.4. The summed E-state index contributed by atoms with van der Waals surface area (Å²) in [7, 11) is 1.92. The minimum atomic E-state index is 0.671. The monoisotopic (exact) mass is 231 g/mol. The van der Waals surface area contributed by atoms with Crippen molar-refractivity contribution in [3.05, 3.63) is 41.2 Å². The highest BCUT2D eigenvalue weighted by molar-refractivity contribution is 5.11. The van der Waals surface area contributed by atoms with Gasteiger partial charge in [0.2, 0.25) is 0 Å². The molecule has 90 valence electrons. The van der Waals surface area contributed by atoms with Gasteiger partial charge in [0.15, 0.2) is 0 Å². The first-order valence-corrected chi connectivity index (χ1v) is 5.66. The Morgan fingerprint density at radius 1 is 1.18 bits per heavy atom. The standard InChI is InChI=1S/C12H17N5/c1-9-14-10(2)17(16-9)8-12-6-4-5-11(15-12)7-13-3/h4-6,13H,7-8H2,1-3H3. The molecule has 0 fully saturated rings. The number of nitrogens with one attached hydrogen (secondary N) is 1. The summed E-state index contributed by atoms with van der Waals surface area (Å²) >= 11 is 0. The summed E-state index contributed by atoms with van der Waals surface area (Å²) in [5.74, 6) is 1.72. The van der Waals surface area contributed by atoms with E-state index in [9.17, 15) is 0 Å². The van der Waals surface area contributed by atoms with Crippen LogP contribution in [0.1, 0.15) is 23.0 Å². The molecule has 2 rings (SSSR count). The minimum Gasteiger partial charge on any atom is -0.314 e. The molecule has 0 unspecified atom stereocenters. The minimum absolute atomic E-state index is 0.671. The Morgan fingerprint density at radius 2 is 1.94 bits per heavy atom. The van der Waals surface area contributed by atoms with E-state index >= 15 is 0 Å². The van der Waals surface area contributed by atoms with Gasteiger partial charge in [-0.3, -0.25) is 4.98 Å². The number of rotatable bonds is 4. The first-order chi connectivity index (χ1) is 8.19. The van der Waals surface area contributed by atoms with Crippen LogP contribution in [-0.4, -0.2) is 26.8 Å². The molecule has 0 saturated carbocycles. The fraction of sp³-hybridized carbons (Fsp3) is 0.417. The summed E-state index contributed by atoms with van der Waals surface area (Å²) in [5.41, 5.74) is 2.05. The summed E-state index contributed by atoms with van der Waals surface area (Å²) in [6.07, 6.45) is 0. The van der Waals surface area contributed by atoms with Gasteiger partial charge in [-0.15, -0.1) is 0 Å². The summed E-state index contributed by atoms with van der Waals surface area (Å²) in [6.45, 7) is 5.30. The lowest BCUT2D eigenvalue weighted by atomic mass is 10.3. The quantitative estimate of drug-likeness (QED) is 0.854. The molecule has 0 aliphatic carbocycles. The van der Waals surface area contributed by atoms with Crippen molar-refractivity contribution in [2.24, 2.45) is 0 Å². The van der Waals surface area contributed by atoms with Gasteiger partial charge < -0.3 is 5.32 Å². The van der Waals surface area contributed by atoms with Crippen molar-refractivity contribution in [2.45, 2.75) is 26.9 Å². The van der Waals surface area contributed by atoms with Crippen LogP contribution >= 0.6 is 0 Å². The lowest BCUT2D eigenvalue weighted by Gasteiger charge is -2.05. The van der Waals surface area contributed by atoms with Gasteiger partial charge in [0.05, 0.1) is 17.9 Å². The summed E-state index contributed by atoms with van der Waals surface area (Å²) in [6, 6.07) is 6.04. The molecule has 0 radical (unpaired) electrons. The first kappa shape index (κ1) is 11.7. The topological polar surface area (TPSA) is 55.6 Å². The fourth-order valence-electron chi connectivity index (χ4n) is 1.76. The van der Waals surface area contributed by atoms with Crippen LogP contribution in [0.15, 0.2) is 18.2 Å². The maximum Gasteiger partial charge on any atom is 0.147 e. The van der Waals surface area contributed by atoms with Crippen LogP contribution in [-0.2, 0) is 13.1 Å². The third-order valence-electron chi connectivity index (χ3n) is 2.50. The molecule has 2 aromatic rings. The molecule has 0 spiro atoms. The maximum absolute atomic E-state index is 4.56. The van der Waals surface area contributed by atoms with Gasteiger partial charge in [-0.2, -0.15) is 5.10 Å². The van der Waals surface area contributed by atoms with E-state index in [0.29, 0.717) is 6.54 Å². The predicted molar refractivity (Wildman–Crippen MR) is 65.6 cm³/mol. The predicted octanol–water partition coefficient (Wildman–Crippen LogP) is 1.06. The van der Waals surface area contributed by atoms with E-state index < -0.39 is 0 Å². The van der Waals surface area contributed by atoms with Crippen molar-refractivity contribution in [3.8, 4) is 0 Å². The Kier molecular flexibility index (Phi) is 3.49. The molecule has 0 aliphatic rings. The largest absolute Gasteiger partial charge is 0.314 e. The van der Waals surface area contributed by atoms with E-state index in [2.05, 4.69) is 20.4 Å². The highest BCUT2D eigenvalue weighted by atomic mass is 15.3. The van der Waals surface area contributed by atoms with Crippen molar-refractivity contribution in [1.82, 2.24) is 25.1 Å². The van der Waals surface area contributed by atoms with Crippen molar-refractivity contribution in [1.29, 1.82) is 0 Å². The smallest absolute Gasteiger partial charge is 0.147 e. The third-order valence-corrected chi connectivity index (χ3v) is 2.50. The van der Waals surface area contributed by atoms with E-state index in [-0.39, 0.29) is 0 Å². The van der Waals surface area contributed by atoms with Gasteiger partial charge in [0.25, 0.3) is 0 Å². The molecule has 2 aromatic heterocycles. The second-order valence-corrected chi connectivity index (χ2v) is 4.01. The summed E-state index contributed by atoms with van der Waals surface area (Å²) < 4.78 is 1.88. The molecule has 0 amide bonds. The van der Waals surface area contributed by atoms with Crippen LogP contribution in [0.3, 0.4) is 0 Å². The Morgan fingerprint density at radius 3 is 2.59 bits per heavy atom. The summed E-state index contributed by atoms with van der Waals surface area (Å²) in [5, 5.41) is 7.42. The van der Waals surface area contributed by atoms with Gasteiger partial charge in [0, 0.05) is 6.54 Å². The maximum atomic E-state index is 4.56. The van der Waals surface area contributed by atoms with Gasteiger partial charge in [0.1, 0.15) is 11.6 Å². The van der Waals surface area contributed by atoms with Gasteiger partial charge in [-0.05, 0) is 33.0 Å². The summed E-state index contributed by atoms with van der Waals surface area (Å²) in [4.78, 5) is 8.83. The van der Waals surface area contributed by atoms with E-state index in [1.54, 1.807) is 0 Å². The Labute approximate surface area is 101 Å². The molecule has 2 heterocycles. The molecule has 1 N–H and O–H groups in total. The third kappa shape index (κ3) is 2.88. The molecule has 0 bridgehead atoms. The number of pyridine rings is 1. The van der Waals surface area contributed by atoms with Crippen LogP contribution in [0.4, 0.5) is 0 Å². The molecule has 0 aromatic carbocycles. The van der Waals surface area contributed by atoms with Crippen LogP contribution in [0.25, 0.3) is 0 Å². The van der Waals surface area contributed by atoms with E-state index in [1.165, 1.54) is 0 Å². The highest BCUT2D eigenvalue weighted by Gasteiger charge is 2.04. The average Bonchev–Trinajstić information content (AvgIpc) is 2.58. The lowest BCUT2D eigenvalue weighted by Crippen LogP contribution is -2.10. The molecule has 0 saturated heterocycles. The Balaban J connectivity index is 2.18. The fourth-order valence-corrected chi connectivity index (χ4v) is 1.76. The molecule has 17 heavy (non-hydrogen) atoms. The van der Waals surface area contributed by atoms with Crippen molar-refractivity contribution >= 4 is 0 Å². The normalized spacial score (nSPS) is 10.8. The zero-order chi connectivity index (χ0) is 12.3. The highest BCUT2D eigenvalue weighted by Crippen LogP contribution is 2.04. The lowest BCUT2D eigenvalue weighted by molar-refractivity contribution is 0.639. The molecule has 0 aliphatic heterocycles. The first-order valence-electron chi connectivity index (χ1n) is 5.66. The van der Waals surface area contributed by atoms with Gasteiger partial charge in [-0.25, -0.2) is 9.67 Å². The second kappa shape index (κ2) is 5.05. The van der Waals surface area contributed by atoms with E-state index in [1.807, 2.05) is 43.8 Å². The molecule has 5 nitrogen and oxygen atoms in total. The zero-order valence-corrected chi connectivity index (χ0v) is 10.4. The number of hydrogen-bond donors (Lipinski definition) is 1. The van der Waals surface area contributed by atoms with Crippen LogP contribution in [0, 0.1) is 13.8 Å². The second-order valence-electron chi connectivity index (χ2n) is 4.01. The van der Waals surface area contributed by atoms with Gasteiger partial charge in [-0.1, -0.05) is 6.07 Å². The number of aryl methyl sites for hydroxylation is 2. The number of aromatic nitrogens is 4. The van der Waals surface area contributed by atoms with Crippen molar-refractivity contribution in [3.63, 3.8) is 0 Å². The van der Waals surface area contributed by atoms with E-state index in [4.69, 9.17) is 0 Å².